The molecule has 3 aromatic rings. The maximum Gasteiger partial charge on any atom is 0.340 e. The van der Waals surface area contributed by atoms with Crippen molar-refractivity contribution in [2.45, 2.75) is 33.2 Å². The van der Waals surface area contributed by atoms with Crippen molar-refractivity contribution in [2.75, 3.05) is 12.0 Å². The van der Waals surface area contributed by atoms with Crippen LogP contribution in [0.4, 0.5) is 0 Å². The number of aromatic nitrogens is 1. The smallest absolute Gasteiger partial charge is 0.340 e. The Labute approximate surface area is 160 Å². The Kier molecular flexibility index (Phi) is 5.97. The van der Waals surface area contributed by atoms with Gasteiger partial charge >= 0.3 is 5.97 Å². The number of hydrogen-bond donors (Lipinski definition) is 1. The van der Waals surface area contributed by atoms with Crippen LogP contribution in [-0.4, -0.2) is 17.3 Å². The van der Waals surface area contributed by atoms with Gasteiger partial charge in [0.15, 0.2) is 0 Å². The van der Waals surface area contributed by atoms with Crippen molar-refractivity contribution < 1.29 is 9.53 Å². The van der Waals surface area contributed by atoms with Crippen LogP contribution in [-0.2, 0) is 11.2 Å². The first-order valence-electron chi connectivity index (χ1n) is 9.43. The number of ether oxygens (including phenoxy) is 1. The van der Waals surface area contributed by atoms with Gasteiger partial charge < -0.3 is 10.2 Å². The summed E-state index contributed by atoms with van der Waals surface area (Å²) in [6, 6.07) is 20.3. The van der Waals surface area contributed by atoms with Gasteiger partial charge in [-0.3, -0.25) is 4.68 Å². The van der Waals surface area contributed by atoms with Crippen LogP contribution < -0.4 is 5.43 Å². The molecule has 140 valence electrons. The van der Waals surface area contributed by atoms with E-state index in [0.717, 1.165) is 23.2 Å². The number of nitrogens with zero attached hydrogens (tertiary/aromatic N) is 1. The third-order valence-electron chi connectivity index (χ3n) is 4.62. The highest BCUT2D eigenvalue weighted by molar-refractivity contribution is 5.98. The zero-order valence-corrected chi connectivity index (χ0v) is 16.1. The van der Waals surface area contributed by atoms with Crippen LogP contribution in [0.3, 0.4) is 0 Å². The maximum absolute atomic E-state index is 12.7. The lowest BCUT2D eigenvalue weighted by molar-refractivity contribution is 0.0526. The molecule has 2 aromatic carbocycles. The van der Waals surface area contributed by atoms with Crippen molar-refractivity contribution in [1.29, 1.82) is 0 Å². The highest BCUT2D eigenvalue weighted by Crippen LogP contribution is 2.30. The van der Waals surface area contributed by atoms with Gasteiger partial charge in [0.1, 0.15) is 0 Å². The molecule has 1 aromatic heterocycles. The predicted molar refractivity (Wildman–Crippen MR) is 109 cm³/mol. The molecule has 0 saturated carbocycles. The van der Waals surface area contributed by atoms with Gasteiger partial charge in [-0.05, 0) is 31.4 Å². The van der Waals surface area contributed by atoms with Crippen molar-refractivity contribution in [3.8, 4) is 11.3 Å². The average molecular weight is 362 g/mol. The second kappa shape index (κ2) is 8.58. The lowest BCUT2D eigenvalue weighted by Gasteiger charge is -2.20. The molecule has 1 heterocycles. The van der Waals surface area contributed by atoms with Gasteiger partial charge in [0.25, 0.3) is 0 Å². The Balaban J connectivity index is 2.08. The van der Waals surface area contributed by atoms with Crippen LogP contribution in [0.5, 0.6) is 0 Å². The molecule has 0 aliphatic heterocycles. The molecule has 4 heteroatoms. The van der Waals surface area contributed by atoms with E-state index in [1.165, 1.54) is 5.56 Å². The van der Waals surface area contributed by atoms with E-state index in [1.807, 2.05) is 66.3 Å². The molecule has 0 radical (unpaired) electrons. The zero-order chi connectivity index (χ0) is 19.2. The molecule has 0 spiro atoms. The third kappa shape index (κ3) is 4.05. The fourth-order valence-corrected chi connectivity index (χ4v) is 3.26. The molecular weight excluding hydrogens is 336 g/mol. The Morgan fingerprint density at radius 3 is 2.26 bits per heavy atom. The summed E-state index contributed by atoms with van der Waals surface area (Å²) in [4.78, 5) is 12.7. The first kappa shape index (κ1) is 18.8. The van der Waals surface area contributed by atoms with Gasteiger partial charge in [-0.2, -0.15) is 0 Å². The minimum Gasteiger partial charge on any atom is -0.462 e. The largest absolute Gasteiger partial charge is 0.462 e. The molecule has 1 N–H and O–H groups in total. The van der Waals surface area contributed by atoms with Crippen LogP contribution in [0.1, 0.15) is 48.3 Å². The Morgan fingerprint density at radius 2 is 1.67 bits per heavy atom. The van der Waals surface area contributed by atoms with Crippen molar-refractivity contribution in [3.05, 3.63) is 83.6 Å². The molecule has 0 unspecified atom stereocenters. The van der Waals surface area contributed by atoms with Crippen molar-refractivity contribution in [3.63, 3.8) is 0 Å². The van der Waals surface area contributed by atoms with Crippen LogP contribution in [0.25, 0.3) is 11.3 Å². The molecule has 0 aliphatic carbocycles. The minimum atomic E-state index is -0.277. The quantitative estimate of drug-likeness (QED) is 0.588. The number of benzene rings is 2. The number of hydrogen-bond acceptors (Lipinski definition) is 3. The Morgan fingerprint density at radius 1 is 1.04 bits per heavy atom. The first-order valence-corrected chi connectivity index (χ1v) is 9.43. The molecule has 27 heavy (non-hydrogen) atoms. The second-order valence-electron chi connectivity index (χ2n) is 6.45. The molecule has 0 fully saturated rings. The van der Waals surface area contributed by atoms with Crippen LogP contribution in [0.15, 0.2) is 66.9 Å². The van der Waals surface area contributed by atoms with E-state index in [2.05, 4.69) is 31.4 Å². The van der Waals surface area contributed by atoms with Gasteiger partial charge in [0.2, 0.25) is 0 Å². The van der Waals surface area contributed by atoms with E-state index in [9.17, 15) is 4.79 Å². The molecule has 4 nitrogen and oxygen atoms in total. The fourth-order valence-electron chi connectivity index (χ4n) is 3.26. The van der Waals surface area contributed by atoms with Gasteiger partial charge in [-0.1, -0.05) is 67.6 Å². The number of nitrogens with one attached hydrogen (secondary N) is 1. The molecule has 0 amide bonds. The molecule has 1 atom stereocenters. The molecule has 0 bridgehead atoms. The summed E-state index contributed by atoms with van der Waals surface area (Å²) >= 11 is 0. The van der Waals surface area contributed by atoms with E-state index >= 15 is 0 Å². The first-order chi connectivity index (χ1) is 13.2. The van der Waals surface area contributed by atoms with Gasteiger partial charge in [0.05, 0.1) is 23.9 Å². The van der Waals surface area contributed by atoms with Crippen molar-refractivity contribution in [1.82, 2.24) is 4.68 Å². The minimum absolute atomic E-state index is 0.0841. The van der Waals surface area contributed by atoms with Crippen LogP contribution in [0, 0.1) is 0 Å². The Bertz CT molecular complexity index is 886. The van der Waals surface area contributed by atoms with E-state index in [0.29, 0.717) is 12.2 Å². The summed E-state index contributed by atoms with van der Waals surface area (Å²) in [7, 11) is 0. The fraction of sp³-hybridized carbons (Fsp3) is 0.261. The van der Waals surface area contributed by atoms with E-state index < -0.39 is 0 Å². The van der Waals surface area contributed by atoms with E-state index in [-0.39, 0.29) is 12.0 Å². The summed E-state index contributed by atoms with van der Waals surface area (Å²) < 4.78 is 7.33. The summed E-state index contributed by atoms with van der Waals surface area (Å²) in [5.74, 6) is -0.277. The predicted octanol–water partition coefficient (Wildman–Crippen LogP) is 5.20. The molecular formula is C23H26N2O2. The van der Waals surface area contributed by atoms with E-state index in [1.54, 1.807) is 0 Å². The van der Waals surface area contributed by atoms with Crippen LogP contribution in [0.2, 0.25) is 0 Å². The van der Waals surface area contributed by atoms with Gasteiger partial charge in [-0.25, -0.2) is 4.79 Å². The normalized spacial score (nSPS) is 11.8. The monoisotopic (exact) mass is 362 g/mol. The van der Waals surface area contributed by atoms with E-state index in [4.69, 9.17) is 4.74 Å². The summed E-state index contributed by atoms with van der Waals surface area (Å²) in [5.41, 5.74) is 8.14. The van der Waals surface area contributed by atoms with Crippen LogP contribution >= 0.6 is 0 Å². The number of rotatable bonds is 7. The lowest BCUT2D eigenvalue weighted by Crippen LogP contribution is -2.19. The Hall–Kier alpha value is -3.01. The highest BCUT2D eigenvalue weighted by Gasteiger charge is 2.24. The maximum atomic E-state index is 12.7. The lowest BCUT2D eigenvalue weighted by atomic mass is 10.0. The van der Waals surface area contributed by atoms with Crippen molar-refractivity contribution in [2.24, 2.45) is 0 Å². The summed E-state index contributed by atoms with van der Waals surface area (Å²) in [5, 5.41) is 0. The molecule has 0 aliphatic rings. The SMILES string of the molecule is CCOC(=O)c1c(CC)cn(N[C@H](C)c2ccccc2)c1-c1ccccc1. The molecule has 0 saturated heterocycles. The third-order valence-corrected chi connectivity index (χ3v) is 4.62. The molecule has 3 rings (SSSR count). The number of aryl methyl sites for hydroxylation is 1. The van der Waals surface area contributed by atoms with Gasteiger partial charge in [-0.15, -0.1) is 0 Å². The summed E-state index contributed by atoms with van der Waals surface area (Å²) in [6.45, 7) is 6.35. The van der Waals surface area contributed by atoms with Gasteiger partial charge in [0, 0.05) is 11.8 Å². The standard InChI is InChI=1S/C23H26N2O2/c1-4-18-16-25(24-17(3)19-12-8-6-9-13-19)22(20-14-10-7-11-15-20)21(18)23(26)27-5-2/h6-17,24H,4-5H2,1-3H3/t17-/m1/s1. The highest BCUT2D eigenvalue weighted by atomic mass is 16.5. The van der Waals surface area contributed by atoms with Crippen molar-refractivity contribution >= 4 is 5.97 Å². The zero-order valence-electron chi connectivity index (χ0n) is 16.1. The summed E-state index contributed by atoms with van der Waals surface area (Å²) in [6.07, 6.45) is 2.76. The second-order valence-corrected chi connectivity index (χ2v) is 6.45. The number of carbonyl (C=O) groups is 1. The topological polar surface area (TPSA) is 43.3 Å². The number of carbonyl (C=O) groups excluding carboxylic acids is 1. The number of esters is 1. The average Bonchev–Trinajstić information content (AvgIpc) is 3.07.